The van der Waals surface area contributed by atoms with Gasteiger partial charge in [-0.3, -0.25) is 9.78 Å². The van der Waals surface area contributed by atoms with E-state index in [9.17, 15) is 4.79 Å². The molecular formula is C8H11ClN2OS. The second kappa shape index (κ2) is 5.19. The second-order valence-electron chi connectivity index (χ2n) is 2.74. The number of hydrogen-bond donors (Lipinski definition) is 1. The highest BCUT2D eigenvalue weighted by Gasteiger charge is 2.10. The average Bonchev–Trinajstić information content (AvgIpc) is 2.65. The molecule has 0 radical (unpaired) electrons. The van der Waals surface area contributed by atoms with Gasteiger partial charge in [0, 0.05) is 22.9 Å². The lowest BCUT2D eigenvalue weighted by atomic mass is 10.2. The van der Waals surface area contributed by atoms with E-state index >= 15 is 0 Å². The first-order valence-corrected chi connectivity index (χ1v) is 5.36. The fourth-order valence-corrected chi connectivity index (χ4v) is 1.42. The highest BCUT2D eigenvalue weighted by molar-refractivity contribution is 7.09. The number of rotatable bonds is 4. The summed E-state index contributed by atoms with van der Waals surface area (Å²) in [6, 6.07) is 0. The molecule has 0 aliphatic heterocycles. The minimum Gasteiger partial charge on any atom is -0.351 e. The van der Waals surface area contributed by atoms with Gasteiger partial charge in [0.05, 0.1) is 12.1 Å². The van der Waals surface area contributed by atoms with Crippen LogP contribution in [-0.4, -0.2) is 16.8 Å². The van der Waals surface area contributed by atoms with Crippen LogP contribution in [0.25, 0.3) is 0 Å². The number of carbonyl (C=O) groups excluding carboxylic acids is 1. The van der Waals surface area contributed by atoms with Crippen LogP contribution in [0, 0.1) is 5.92 Å². The Labute approximate surface area is 86.1 Å². The maximum atomic E-state index is 11.3. The fourth-order valence-electron chi connectivity index (χ4n) is 0.748. The van der Waals surface area contributed by atoms with Crippen molar-refractivity contribution in [3.8, 4) is 0 Å². The molecule has 1 aromatic heterocycles. The van der Waals surface area contributed by atoms with E-state index in [1.807, 2.05) is 0 Å². The molecule has 0 fully saturated rings. The summed E-state index contributed by atoms with van der Waals surface area (Å²) < 4.78 is 0. The molecule has 0 aliphatic carbocycles. The van der Waals surface area contributed by atoms with Gasteiger partial charge in [0.1, 0.15) is 0 Å². The first kappa shape index (κ1) is 10.5. The van der Waals surface area contributed by atoms with Crippen LogP contribution in [0.15, 0.2) is 11.7 Å². The predicted octanol–water partition coefficient (Wildman–Crippen LogP) is 1.63. The number of hydrogen-bond acceptors (Lipinski definition) is 3. The smallest absolute Gasteiger partial charge is 0.224 e. The number of thiazole rings is 1. The Morgan fingerprint density at radius 1 is 1.85 bits per heavy atom. The Morgan fingerprint density at radius 3 is 3.15 bits per heavy atom. The Kier molecular flexibility index (Phi) is 4.18. The zero-order valence-electron chi connectivity index (χ0n) is 7.29. The first-order valence-electron chi connectivity index (χ1n) is 3.95. The summed E-state index contributed by atoms with van der Waals surface area (Å²) in [5.41, 5.74) is 1.74. The van der Waals surface area contributed by atoms with Crippen LogP contribution >= 0.6 is 22.9 Å². The minimum absolute atomic E-state index is 0.0107. The average molecular weight is 219 g/mol. The van der Waals surface area contributed by atoms with Crippen molar-refractivity contribution in [2.45, 2.75) is 13.5 Å². The van der Waals surface area contributed by atoms with Crippen molar-refractivity contribution in [1.29, 1.82) is 0 Å². The second-order valence-corrected chi connectivity index (χ2v) is 4.02. The number of amides is 1. The molecule has 13 heavy (non-hydrogen) atoms. The van der Waals surface area contributed by atoms with Gasteiger partial charge in [-0.1, -0.05) is 6.92 Å². The molecule has 1 aromatic rings. The molecule has 0 aliphatic rings. The van der Waals surface area contributed by atoms with Crippen LogP contribution in [0.5, 0.6) is 0 Å². The molecule has 1 N–H and O–H groups in total. The molecule has 1 amide bonds. The standard InChI is InChI=1S/C8H11ClN2OS/c1-6(2-9)8(12)11-4-7-3-10-5-13-7/h3,5-6H,2,4H2,1H3,(H,11,12). The molecule has 0 bridgehead atoms. The number of aromatic nitrogens is 1. The predicted molar refractivity (Wildman–Crippen MR) is 53.8 cm³/mol. The van der Waals surface area contributed by atoms with E-state index in [2.05, 4.69) is 10.3 Å². The number of nitrogens with zero attached hydrogens (tertiary/aromatic N) is 1. The molecule has 1 heterocycles. The topological polar surface area (TPSA) is 42.0 Å². The van der Waals surface area contributed by atoms with Crippen LogP contribution < -0.4 is 5.32 Å². The van der Waals surface area contributed by atoms with E-state index in [-0.39, 0.29) is 11.8 Å². The normalized spacial score (nSPS) is 12.5. The van der Waals surface area contributed by atoms with Gasteiger partial charge < -0.3 is 5.32 Å². The van der Waals surface area contributed by atoms with Crippen LogP contribution in [0.1, 0.15) is 11.8 Å². The fraction of sp³-hybridized carbons (Fsp3) is 0.500. The van der Waals surface area contributed by atoms with Crippen molar-refractivity contribution in [2.75, 3.05) is 5.88 Å². The summed E-state index contributed by atoms with van der Waals surface area (Å²) in [6.07, 6.45) is 1.75. The van der Waals surface area contributed by atoms with E-state index < -0.39 is 0 Å². The maximum absolute atomic E-state index is 11.3. The van der Waals surface area contributed by atoms with Crippen LogP contribution in [-0.2, 0) is 11.3 Å². The number of carbonyl (C=O) groups is 1. The summed E-state index contributed by atoms with van der Waals surface area (Å²) in [7, 11) is 0. The summed E-state index contributed by atoms with van der Waals surface area (Å²) in [6.45, 7) is 2.35. The van der Waals surface area contributed by atoms with Gasteiger partial charge in [-0.2, -0.15) is 0 Å². The van der Waals surface area contributed by atoms with E-state index in [1.54, 1.807) is 18.6 Å². The van der Waals surface area contributed by atoms with E-state index in [1.165, 1.54) is 11.3 Å². The third kappa shape index (κ3) is 3.32. The van der Waals surface area contributed by atoms with Crippen molar-refractivity contribution in [2.24, 2.45) is 5.92 Å². The van der Waals surface area contributed by atoms with Crippen LogP contribution in [0.3, 0.4) is 0 Å². The number of nitrogens with one attached hydrogen (secondary N) is 1. The molecular weight excluding hydrogens is 208 g/mol. The molecule has 0 aromatic carbocycles. The van der Waals surface area contributed by atoms with Crippen LogP contribution in [0.2, 0.25) is 0 Å². The van der Waals surface area contributed by atoms with Gasteiger partial charge >= 0.3 is 0 Å². The van der Waals surface area contributed by atoms with E-state index in [0.717, 1.165) is 4.88 Å². The summed E-state index contributed by atoms with van der Waals surface area (Å²) in [5, 5.41) is 2.78. The molecule has 0 spiro atoms. The minimum atomic E-state index is -0.130. The van der Waals surface area contributed by atoms with Crippen molar-refractivity contribution in [1.82, 2.24) is 10.3 Å². The molecule has 1 atom stereocenters. The maximum Gasteiger partial charge on any atom is 0.224 e. The first-order chi connectivity index (χ1) is 6.24. The van der Waals surface area contributed by atoms with Crippen molar-refractivity contribution < 1.29 is 4.79 Å². The Bertz CT molecular complexity index is 263. The molecule has 5 heteroatoms. The van der Waals surface area contributed by atoms with Gasteiger partial charge in [0.2, 0.25) is 5.91 Å². The SMILES string of the molecule is CC(CCl)C(=O)NCc1cncs1. The quantitative estimate of drug-likeness (QED) is 0.781. The summed E-state index contributed by atoms with van der Waals surface area (Å²) in [5.74, 6) is 0.215. The monoisotopic (exact) mass is 218 g/mol. The van der Waals surface area contributed by atoms with Gasteiger partial charge in [-0.15, -0.1) is 22.9 Å². The molecule has 3 nitrogen and oxygen atoms in total. The van der Waals surface area contributed by atoms with E-state index in [0.29, 0.717) is 12.4 Å². The summed E-state index contributed by atoms with van der Waals surface area (Å²) >= 11 is 7.06. The van der Waals surface area contributed by atoms with Crippen molar-refractivity contribution in [3.05, 3.63) is 16.6 Å². The lowest BCUT2D eigenvalue weighted by Gasteiger charge is -2.07. The lowest BCUT2D eigenvalue weighted by Crippen LogP contribution is -2.29. The highest BCUT2D eigenvalue weighted by atomic mass is 35.5. The number of alkyl halides is 1. The molecule has 1 unspecified atom stereocenters. The van der Waals surface area contributed by atoms with Gasteiger partial charge in [-0.05, 0) is 0 Å². The van der Waals surface area contributed by atoms with Crippen LogP contribution in [0.4, 0.5) is 0 Å². The Balaban J connectivity index is 2.31. The largest absolute Gasteiger partial charge is 0.351 e. The van der Waals surface area contributed by atoms with E-state index in [4.69, 9.17) is 11.6 Å². The third-order valence-electron chi connectivity index (χ3n) is 1.60. The van der Waals surface area contributed by atoms with Gasteiger partial charge in [0.25, 0.3) is 0 Å². The molecule has 1 rings (SSSR count). The molecule has 72 valence electrons. The summed E-state index contributed by atoms with van der Waals surface area (Å²) in [4.78, 5) is 16.2. The zero-order valence-corrected chi connectivity index (χ0v) is 8.86. The third-order valence-corrected chi connectivity index (χ3v) is 2.84. The molecule has 0 saturated heterocycles. The Hall–Kier alpha value is -0.610. The van der Waals surface area contributed by atoms with Crippen molar-refractivity contribution >= 4 is 28.8 Å². The van der Waals surface area contributed by atoms with Gasteiger partial charge in [0.15, 0.2) is 0 Å². The van der Waals surface area contributed by atoms with Gasteiger partial charge in [-0.25, -0.2) is 0 Å². The Morgan fingerprint density at radius 2 is 2.62 bits per heavy atom. The zero-order chi connectivity index (χ0) is 9.68. The number of halogens is 1. The molecule has 0 saturated carbocycles. The lowest BCUT2D eigenvalue weighted by molar-refractivity contribution is -0.124. The highest BCUT2D eigenvalue weighted by Crippen LogP contribution is 2.05. The van der Waals surface area contributed by atoms with Crippen molar-refractivity contribution in [3.63, 3.8) is 0 Å².